The summed E-state index contributed by atoms with van der Waals surface area (Å²) in [5.74, 6) is 0.870. The van der Waals surface area contributed by atoms with Gasteiger partial charge in [0, 0.05) is 26.2 Å². The van der Waals surface area contributed by atoms with Crippen molar-refractivity contribution in [1.82, 2.24) is 10.2 Å². The predicted molar refractivity (Wildman–Crippen MR) is 82.1 cm³/mol. The summed E-state index contributed by atoms with van der Waals surface area (Å²) in [6.07, 6.45) is 7.18. The zero-order valence-electron chi connectivity index (χ0n) is 13.3. The molecule has 1 aliphatic heterocycles. The number of hydrogen-bond acceptors (Lipinski definition) is 4. The first kappa shape index (κ1) is 16.2. The largest absolute Gasteiger partial charge is 0.380 e. The van der Waals surface area contributed by atoms with Crippen LogP contribution in [0.3, 0.4) is 0 Å². The van der Waals surface area contributed by atoms with Gasteiger partial charge in [-0.1, -0.05) is 6.92 Å². The van der Waals surface area contributed by atoms with Gasteiger partial charge in [-0.25, -0.2) is 0 Å². The van der Waals surface area contributed by atoms with Crippen molar-refractivity contribution in [3.05, 3.63) is 0 Å². The summed E-state index contributed by atoms with van der Waals surface area (Å²) in [7, 11) is 2.17. The molecule has 0 bridgehead atoms. The van der Waals surface area contributed by atoms with Gasteiger partial charge < -0.3 is 19.7 Å². The molecule has 1 saturated carbocycles. The van der Waals surface area contributed by atoms with Crippen LogP contribution in [0.25, 0.3) is 0 Å². The molecule has 118 valence electrons. The van der Waals surface area contributed by atoms with Gasteiger partial charge in [-0.15, -0.1) is 0 Å². The third-order valence-electron chi connectivity index (χ3n) is 4.18. The van der Waals surface area contributed by atoms with Crippen LogP contribution in [0.4, 0.5) is 0 Å². The normalized spacial score (nSPS) is 26.6. The molecule has 20 heavy (non-hydrogen) atoms. The van der Waals surface area contributed by atoms with Crippen molar-refractivity contribution in [2.75, 3.05) is 46.4 Å². The van der Waals surface area contributed by atoms with Crippen LogP contribution in [-0.4, -0.2) is 63.5 Å². The van der Waals surface area contributed by atoms with Crippen LogP contribution < -0.4 is 5.32 Å². The Morgan fingerprint density at radius 3 is 2.75 bits per heavy atom. The van der Waals surface area contributed by atoms with Gasteiger partial charge in [-0.05, 0) is 51.6 Å². The highest BCUT2D eigenvalue weighted by atomic mass is 16.5. The summed E-state index contributed by atoms with van der Waals surface area (Å²) in [4.78, 5) is 2.35. The Morgan fingerprint density at radius 1 is 1.20 bits per heavy atom. The lowest BCUT2D eigenvalue weighted by atomic mass is 10.2. The third kappa shape index (κ3) is 6.53. The molecule has 2 rings (SSSR count). The van der Waals surface area contributed by atoms with E-state index in [1.54, 1.807) is 0 Å². The van der Waals surface area contributed by atoms with Crippen molar-refractivity contribution in [2.45, 2.75) is 51.2 Å². The van der Waals surface area contributed by atoms with E-state index in [9.17, 15) is 0 Å². The van der Waals surface area contributed by atoms with Crippen LogP contribution in [0.15, 0.2) is 0 Å². The Labute approximate surface area is 124 Å². The first-order chi connectivity index (χ1) is 9.78. The minimum Gasteiger partial charge on any atom is -0.380 e. The third-order valence-corrected chi connectivity index (χ3v) is 4.18. The average Bonchev–Trinajstić information content (AvgIpc) is 3.16. The fourth-order valence-corrected chi connectivity index (χ4v) is 2.70. The topological polar surface area (TPSA) is 33.7 Å². The number of nitrogens with one attached hydrogen (secondary N) is 1. The number of nitrogens with zero attached hydrogens (tertiary/aromatic N) is 1. The molecule has 1 N–H and O–H groups in total. The molecule has 2 aliphatic rings. The summed E-state index contributed by atoms with van der Waals surface area (Å²) in [5.41, 5.74) is 0. The second-order valence-corrected chi connectivity index (χ2v) is 6.44. The fourth-order valence-electron chi connectivity index (χ4n) is 2.70. The average molecular weight is 284 g/mol. The van der Waals surface area contributed by atoms with Crippen molar-refractivity contribution in [3.8, 4) is 0 Å². The summed E-state index contributed by atoms with van der Waals surface area (Å²) in [6, 6.07) is 0. The lowest BCUT2D eigenvalue weighted by Gasteiger charge is -2.21. The summed E-state index contributed by atoms with van der Waals surface area (Å²) in [5, 5.41) is 3.45. The molecule has 0 amide bonds. The van der Waals surface area contributed by atoms with Gasteiger partial charge >= 0.3 is 0 Å². The summed E-state index contributed by atoms with van der Waals surface area (Å²) in [6.45, 7) is 8.20. The van der Waals surface area contributed by atoms with E-state index in [0.717, 1.165) is 45.3 Å². The first-order valence-corrected chi connectivity index (χ1v) is 8.40. The maximum absolute atomic E-state index is 6.09. The lowest BCUT2D eigenvalue weighted by molar-refractivity contribution is 0.0215. The van der Waals surface area contributed by atoms with Crippen LogP contribution in [-0.2, 0) is 9.47 Å². The Bertz CT molecular complexity index is 259. The second kappa shape index (κ2) is 8.98. The van der Waals surface area contributed by atoms with Crippen LogP contribution in [0.1, 0.15) is 39.0 Å². The standard InChI is InChI=1S/C16H32N2O2/c1-3-8-17-11-15-6-7-16(20-15)12-18(2)9-10-19-13-14-4-5-14/h14-17H,3-13H2,1-2H3. The quantitative estimate of drug-likeness (QED) is 0.588. The molecule has 0 spiro atoms. The SMILES string of the molecule is CCCNCC1CCC(CN(C)CCOCC2CC2)O1. The van der Waals surface area contributed by atoms with E-state index in [1.165, 1.54) is 32.1 Å². The number of ether oxygens (including phenoxy) is 2. The summed E-state index contributed by atoms with van der Waals surface area (Å²) < 4.78 is 11.8. The molecule has 0 aromatic heterocycles. The van der Waals surface area contributed by atoms with Gasteiger partial charge in [0.1, 0.15) is 0 Å². The van der Waals surface area contributed by atoms with Gasteiger partial charge in [0.25, 0.3) is 0 Å². The molecule has 4 heteroatoms. The smallest absolute Gasteiger partial charge is 0.0707 e. The van der Waals surface area contributed by atoms with E-state index in [0.29, 0.717) is 12.2 Å². The molecular weight excluding hydrogens is 252 g/mol. The molecule has 0 radical (unpaired) electrons. The maximum atomic E-state index is 6.09. The first-order valence-electron chi connectivity index (χ1n) is 8.40. The van der Waals surface area contributed by atoms with Crippen LogP contribution in [0.5, 0.6) is 0 Å². The molecule has 0 aromatic carbocycles. The minimum absolute atomic E-state index is 0.414. The zero-order chi connectivity index (χ0) is 14.2. The van der Waals surface area contributed by atoms with Gasteiger partial charge in [0.05, 0.1) is 18.8 Å². The monoisotopic (exact) mass is 284 g/mol. The van der Waals surface area contributed by atoms with Crippen LogP contribution >= 0.6 is 0 Å². The van der Waals surface area contributed by atoms with E-state index < -0.39 is 0 Å². The van der Waals surface area contributed by atoms with E-state index in [4.69, 9.17) is 9.47 Å². The van der Waals surface area contributed by atoms with Crippen molar-refractivity contribution in [3.63, 3.8) is 0 Å². The Kier molecular flexibility index (Phi) is 7.28. The van der Waals surface area contributed by atoms with Gasteiger partial charge in [-0.2, -0.15) is 0 Å². The number of rotatable bonds is 11. The highest BCUT2D eigenvalue weighted by Crippen LogP contribution is 2.28. The van der Waals surface area contributed by atoms with Gasteiger partial charge in [0.15, 0.2) is 0 Å². The zero-order valence-corrected chi connectivity index (χ0v) is 13.3. The molecule has 1 heterocycles. The molecule has 1 aliphatic carbocycles. The van der Waals surface area contributed by atoms with E-state index in [-0.39, 0.29) is 0 Å². The van der Waals surface area contributed by atoms with Crippen molar-refractivity contribution >= 4 is 0 Å². The number of likely N-dealkylation sites (N-methyl/N-ethyl adjacent to an activating group) is 1. The Hall–Kier alpha value is -0.160. The van der Waals surface area contributed by atoms with Crippen molar-refractivity contribution in [1.29, 1.82) is 0 Å². The highest BCUT2D eigenvalue weighted by Gasteiger charge is 2.25. The van der Waals surface area contributed by atoms with E-state index in [2.05, 4.69) is 24.2 Å². The molecule has 4 nitrogen and oxygen atoms in total. The van der Waals surface area contributed by atoms with Crippen LogP contribution in [0, 0.1) is 5.92 Å². The van der Waals surface area contributed by atoms with E-state index in [1.807, 2.05) is 0 Å². The number of hydrogen-bond donors (Lipinski definition) is 1. The Morgan fingerprint density at radius 2 is 2.00 bits per heavy atom. The highest BCUT2D eigenvalue weighted by molar-refractivity contribution is 4.77. The molecule has 2 fully saturated rings. The van der Waals surface area contributed by atoms with Gasteiger partial charge in [0.2, 0.25) is 0 Å². The van der Waals surface area contributed by atoms with E-state index >= 15 is 0 Å². The second-order valence-electron chi connectivity index (χ2n) is 6.44. The van der Waals surface area contributed by atoms with Gasteiger partial charge in [-0.3, -0.25) is 0 Å². The molecule has 0 aromatic rings. The Balaban J connectivity index is 1.47. The minimum atomic E-state index is 0.414. The predicted octanol–water partition coefficient (Wildman–Crippen LogP) is 1.89. The summed E-state index contributed by atoms with van der Waals surface area (Å²) >= 11 is 0. The van der Waals surface area contributed by atoms with Crippen molar-refractivity contribution < 1.29 is 9.47 Å². The molecule has 2 atom stereocenters. The lowest BCUT2D eigenvalue weighted by Crippen LogP contribution is -2.33. The maximum Gasteiger partial charge on any atom is 0.0707 e. The molecule has 2 unspecified atom stereocenters. The van der Waals surface area contributed by atoms with Crippen LogP contribution in [0.2, 0.25) is 0 Å². The molecular formula is C16H32N2O2. The fraction of sp³-hybridized carbons (Fsp3) is 1.00. The molecule has 1 saturated heterocycles. The van der Waals surface area contributed by atoms with Crippen molar-refractivity contribution in [2.24, 2.45) is 5.92 Å².